The van der Waals surface area contributed by atoms with Crippen LogP contribution in [0.1, 0.15) is 34.7 Å². The molecule has 4 rings (SSSR count). The molecule has 1 atom stereocenters. The van der Waals surface area contributed by atoms with Gasteiger partial charge in [0.15, 0.2) is 0 Å². The number of rotatable bonds is 1. The SMILES string of the molecule is Oc1ccc2c(c1)C(c1cccc3c1OCCC3)NCC2. The molecular weight excluding hydrogens is 262 g/mol. The van der Waals surface area contributed by atoms with Gasteiger partial charge >= 0.3 is 0 Å². The smallest absolute Gasteiger partial charge is 0.127 e. The summed E-state index contributed by atoms with van der Waals surface area (Å²) in [5, 5.41) is 13.4. The van der Waals surface area contributed by atoms with Crippen molar-refractivity contribution in [3.05, 3.63) is 58.7 Å². The third kappa shape index (κ3) is 2.18. The molecule has 2 aromatic carbocycles. The Labute approximate surface area is 124 Å². The molecule has 2 aliphatic heterocycles. The summed E-state index contributed by atoms with van der Waals surface area (Å²) < 4.78 is 5.95. The maximum absolute atomic E-state index is 9.83. The van der Waals surface area contributed by atoms with Gasteiger partial charge in [-0.3, -0.25) is 0 Å². The van der Waals surface area contributed by atoms with Crippen LogP contribution in [0.4, 0.5) is 0 Å². The predicted octanol–water partition coefficient (Wildman–Crippen LogP) is 2.95. The Hall–Kier alpha value is -2.00. The lowest BCUT2D eigenvalue weighted by Gasteiger charge is -2.30. The molecule has 0 fully saturated rings. The van der Waals surface area contributed by atoms with E-state index in [2.05, 4.69) is 23.5 Å². The van der Waals surface area contributed by atoms with E-state index in [1.54, 1.807) is 6.07 Å². The van der Waals surface area contributed by atoms with E-state index in [0.717, 1.165) is 38.2 Å². The van der Waals surface area contributed by atoms with Crippen LogP contribution in [-0.2, 0) is 12.8 Å². The second-order valence-electron chi connectivity index (χ2n) is 5.81. The molecule has 0 saturated carbocycles. The van der Waals surface area contributed by atoms with Crippen molar-refractivity contribution in [2.24, 2.45) is 0 Å². The molecule has 2 aliphatic rings. The average Bonchev–Trinajstić information content (AvgIpc) is 2.54. The monoisotopic (exact) mass is 281 g/mol. The van der Waals surface area contributed by atoms with Crippen LogP contribution in [0.25, 0.3) is 0 Å². The van der Waals surface area contributed by atoms with Crippen LogP contribution in [0.2, 0.25) is 0 Å². The molecule has 0 radical (unpaired) electrons. The summed E-state index contributed by atoms with van der Waals surface area (Å²) in [6.07, 6.45) is 3.18. The number of hydrogen-bond donors (Lipinski definition) is 2. The van der Waals surface area contributed by atoms with Gasteiger partial charge in [-0.1, -0.05) is 24.3 Å². The minimum absolute atomic E-state index is 0.105. The van der Waals surface area contributed by atoms with Crippen molar-refractivity contribution in [2.45, 2.75) is 25.3 Å². The number of benzene rings is 2. The number of phenols is 1. The minimum atomic E-state index is 0.105. The highest BCUT2D eigenvalue weighted by molar-refractivity contribution is 5.51. The van der Waals surface area contributed by atoms with E-state index in [4.69, 9.17) is 4.74 Å². The number of hydrogen-bond acceptors (Lipinski definition) is 3. The van der Waals surface area contributed by atoms with E-state index >= 15 is 0 Å². The first-order chi connectivity index (χ1) is 10.3. The minimum Gasteiger partial charge on any atom is -0.508 e. The zero-order chi connectivity index (χ0) is 14.2. The van der Waals surface area contributed by atoms with E-state index in [1.165, 1.54) is 22.3 Å². The van der Waals surface area contributed by atoms with E-state index < -0.39 is 0 Å². The molecule has 0 aliphatic carbocycles. The first-order valence-electron chi connectivity index (χ1n) is 7.63. The van der Waals surface area contributed by atoms with Gasteiger partial charge < -0.3 is 15.2 Å². The number of ether oxygens (including phenoxy) is 1. The Morgan fingerprint density at radius 3 is 2.95 bits per heavy atom. The average molecular weight is 281 g/mol. The molecule has 3 nitrogen and oxygen atoms in total. The lowest BCUT2D eigenvalue weighted by Crippen LogP contribution is -2.31. The zero-order valence-corrected chi connectivity index (χ0v) is 11.9. The normalized spacial score (nSPS) is 20.3. The topological polar surface area (TPSA) is 41.5 Å². The second kappa shape index (κ2) is 5.08. The van der Waals surface area contributed by atoms with Crippen LogP contribution in [0.15, 0.2) is 36.4 Å². The molecule has 2 aromatic rings. The van der Waals surface area contributed by atoms with Gasteiger partial charge in [-0.2, -0.15) is 0 Å². The number of fused-ring (bicyclic) bond motifs is 2. The highest BCUT2D eigenvalue weighted by Gasteiger charge is 2.26. The highest BCUT2D eigenvalue weighted by atomic mass is 16.5. The standard InChI is InChI=1S/C18H19NO2/c20-14-7-6-12-8-9-19-17(16(12)11-14)15-5-1-3-13-4-2-10-21-18(13)15/h1,3,5-7,11,17,19-20H,2,4,8-10H2. The summed E-state index contributed by atoms with van der Waals surface area (Å²) in [5.74, 6) is 1.37. The fourth-order valence-corrected chi connectivity index (χ4v) is 3.46. The van der Waals surface area contributed by atoms with Crippen molar-refractivity contribution in [3.8, 4) is 11.5 Å². The van der Waals surface area contributed by atoms with Gasteiger partial charge in [0.2, 0.25) is 0 Å². The van der Waals surface area contributed by atoms with Gasteiger partial charge in [-0.25, -0.2) is 0 Å². The Morgan fingerprint density at radius 2 is 2.00 bits per heavy atom. The van der Waals surface area contributed by atoms with Gasteiger partial charge in [0.05, 0.1) is 12.6 Å². The third-order valence-corrected chi connectivity index (χ3v) is 4.46. The first kappa shape index (κ1) is 12.7. The van der Waals surface area contributed by atoms with Gasteiger partial charge in [0.25, 0.3) is 0 Å². The van der Waals surface area contributed by atoms with Gasteiger partial charge in [0.1, 0.15) is 11.5 Å². The van der Waals surface area contributed by atoms with Crippen LogP contribution in [0, 0.1) is 0 Å². The van der Waals surface area contributed by atoms with Gasteiger partial charge in [-0.15, -0.1) is 0 Å². The Bertz CT molecular complexity index is 681. The van der Waals surface area contributed by atoms with Crippen molar-refractivity contribution >= 4 is 0 Å². The molecule has 0 aromatic heterocycles. The number of aromatic hydroxyl groups is 1. The van der Waals surface area contributed by atoms with Crippen molar-refractivity contribution in [2.75, 3.05) is 13.2 Å². The van der Waals surface area contributed by atoms with E-state index in [0.29, 0.717) is 5.75 Å². The molecule has 3 heteroatoms. The lowest BCUT2D eigenvalue weighted by atomic mass is 9.87. The Balaban J connectivity index is 1.84. The number of aryl methyl sites for hydroxylation is 1. The van der Waals surface area contributed by atoms with Crippen LogP contribution < -0.4 is 10.1 Å². The predicted molar refractivity (Wildman–Crippen MR) is 81.9 cm³/mol. The van der Waals surface area contributed by atoms with E-state index in [9.17, 15) is 5.11 Å². The summed E-state index contributed by atoms with van der Waals surface area (Å²) >= 11 is 0. The molecule has 0 saturated heterocycles. The Morgan fingerprint density at radius 1 is 1.05 bits per heavy atom. The van der Waals surface area contributed by atoms with Gasteiger partial charge in [-0.05, 0) is 48.1 Å². The second-order valence-corrected chi connectivity index (χ2v) is 5.81. The largest absolute Gasteiger partial charge is 0.508 e. The van der Waals surface area contributed by atoms with Crippen molar-refractivity contribution in [3.63, 3.8) is 0 Å². The molecule has 2 N–H and O–H groups in total. The highest BCUT2D eigenvalue weighted by Crippen LogP contribution is 2.38. The van der Waals surface area contributed by atoms with Crippen LogP contribution in [-0.4, -0.2) is 18.3 Å². The number of phenolic OH excluding ortho intramolecular Hbond substituents is 1. The molecule has 0 amide bonds. The van der Waals surface area contributed by atoms with E-state index in [1.807, 2.05) is 12.1 Å². The van der Waals surface area contributed by atoms with E-state index in [-0.39, 0.29) is 6.04 Å². The van der Waals surface area contributed by atoms with Crippen molar-refractivity contribution < 1.29 is 9.84 Å². The Kier molecular flexibility index (Phi) is 3.08. The fraction of sp³-hybridized carbons (Fsp3) is 0.333. The maximum atomic E-state index is 9.83. The van der Waals surface area contributed by atoms with Crippen LogP contribution in [0.5, 0.6) is 11.5 Å². The molecule has 0 bridgehead atoms. The molecule has 108 valence electrons. The van der Waals surface area contributed by atoms with Crippen molar-refractivity contribution in [1.29, 1.82) is 0 Å². The van der Waals surface area contributed by atoms with Gasteiger partial charge in [0, 0.05) is 12.1 Å². The quantitative estimate of drug-likeness (QED) is 0.844. The fourth-order valence-electron chi connectivity index (χ4n) is 3.46. The third-order valence-electron chi connectivity index (χ3n) is 4.46. The number of para-hydroxylation sites is 1. The summed E-state index contributed by atoms with van der Waals surface area (Å²) in [4.78, 5) is 0. The number of nitrogens with one attached hydrogen (secondary N) is 1. The summed E-state index contributed by atoms with van der Waals surface area (Å²) in [7, 11) is 0. The summed E-state index contributed by atoms with van der Waals surface area (Å²) in [5.41, 5.74) is 4.97. The van der Waals surface area contributed by atoms with Crippen molar-refractivity contribution in [1.82, 2.24) is 5.32 Å². The first-order valence-corrected chi connectivity index (χ1v) is 7.63. The zero-order valence-electron chi connectivity index (χ0n) is 11.9. The molecule has 1 unspecified atom stereocenters. The maximum Gasteiger partial charge on any atom is 0.127 e. The molecule has 2 heterocycles. The summed E-state index contributed by atoms with van der Waals surface area (Å²) in [6.45, 7) is 1.75. The van der Waals surface area contributed by atoms with Crippen LogP contribution >= 0.6 is 0 Å². The molecule has 0 spiro atoms. The molecule has 21 heavy (non-hydrogen) atoms. The summed E-state index contributed by atoms with van der Waals surface area (Å²) in [6, 6.07) is 12.2. The lowest BCUT2D eigenvalue weighted by molar-refractivity contribution is 0.282. The van der Waals surface area contributed by atoms with Crippen LogP contribution in [0.3, 0.4) is 0 Å². The molecular formula is C18H19NO2.